The zero-order valence-electron chi connectivity index (χ0n) is 22.0. The van der Waals surface area contributed by atoms with Gasteiger partial charge < -0.3 is 0 Å². The van der Waals surface area contributed by atoms with E-state index in [-0.39, 0.29) is 0 Å². The highest BCUT2D eigenvalue weighted by Crippen LogP contribution is 2.27. The van der Waals surface area contributed by atoms with Crippen LogP contribution in [-0.2, 0) is 0 Å². The van der Waals surface area contributed by atoms with Crippen LogP contribution >= 0.6 is 0 Å². The number of pyridine rings is 5. The molecule has 0 aromatic carbocycles. The molecule has 0 amide bonds. The highest BCUT2D eigenvalue weighted by atomic mass is 14.7. The van der Waals surface area contributed by atoms with Gasteiger partial charge in [-0.1, -0.05) is 24.8 Å². The van der Waals surface area contributed by atoms with Crippen LogP contribution < -0.4 is 9.97 Å². The van der Waals surface area contributed by atoms with Crippen molar-refractivity contribution in [1.82, 2.24) is 15.0 Å². The summed E-state index contributed by atoms with van der Waals surface area (Å²) in [6.07, 6.45) is 19.5. The quantitative estimate of drug-likeness (QED) is 0.209. The molecule has 0 saturated carbocycles. The summed E-state index contributed by atoms with van der Waals surface area (Å²) in [6, 6.07) is 29.6. The van der Waals surface area contributed by atoms with Gasteiger partial charge in [-0.05, 0) is 72.8 Å². The maximum Gasteiger partial charge on any atom is 0.210 e. The van der Waals surface area contributed by atoms with Gasteiger partial charge in [0, 0.05) is 71.2 Å². The fourth-order valence-electron chi connectivity index (χ4n) is 4.07. The molecule has 5 aromatic rings. The van der Waals surface area contributed by atoms with Crippen LogP contribution in [0.2, 0.25) is 0 Å². The molecule has 0 bridgehead atoms. The predicted molar refractivity (Wildman–Crippen MR) is 161 cm³/mol. The molecule has 0 spiro atoms. The van der Waals surface area contributed by atoms with Gasteiger partial charge in [0.05, 0.1) is 17.1 Å². The third-order valence-corrected chi connectivity index (χ3v) is 6.06. The lowest BCUT2D eigenvalue weighted by Gasteiger charge is -2.09. The van der Waals surface area contributed by atoms with E-state index in [2.05, 4.69) is 49.7 Å². The van der Waals surface area contributed by atoms with Crippen LogP contribution in [0.3, 0.4) is 0 Å². The molecular weight excluding hydrogens is 490 g/mol. The molecule has 40 heavy (non-hydrogen) atoms. The Bertz CT molecular complexity index is 1660. The summed E-state index contributed by atoms with van der Waals surface area (Å²) < 4.78 is 0. The SMILES string of the molecule is C=C(/C=C(/C=C(/C=C(/C=C/c1cccc[nH+]1)c1ccccn1)c1ccccn1)c1ccccn1)c1cccc[nH+]1. The average molecular weight is 520 g/mol. The Hall–Kier alpha value is -5.55. The minimum atomic E-state index is 0.828. The van der Waals surface area contributed by atoms with Crippen molar-refractivity contribution in [2.75, 3.05) is 0 Å². The third-order valence-electron chi connectivity index (χ3n) is 6.06. The predicted octanol–water partition coefficient (Wildman–Crippen LogP) is 6.48. The zero-order valence-corrected chi connectivity index (χ0v) is 22.0. The van der Waals surface area contributed by atoms with Crippen molar-refractivity contribution in [2.45, 2.75) is 0 Å². The van der Waals surface area contributed by atoms with Gasteiger partial charge in [0.15, 0.2) is 12.4 Å². The monoisotopic (exact) mass is 519 g/mol. The summed E-state index contributed by atoms with van der Waals surface area (Å²) in [5.74, 6) is 0. The molecule has 5 heteroatoms. The fourth-order valence-corrected chi connectivity index (χ4v) is 4.07. The van der Waals surface area contributed by atoms with Crippen molar-refractivity contribution in [2.24, 2.45) is 0 Å². The molecule has 0 saturated heterocycles. The smallest absolute Gasteiger partial charge is 0.210 e. The largest absolute Gasteiger partial charge is 0.256 e. The highest BCUT2D eigenvalue weighted by molar-refractivity contribution is 5.94. The molecule has 0 aliphatic heterocycles. The average Bonchev–Trinajstić information content (AvgIpc) is 3.04. The zero-order chi connectivity index (χ0) is 27.4. The number of aromatic amines is 2. The number of H-pyrrole nitrogens is 2. The van der Waals surface area contributed by atoms with E-state index < -0.39 is 0 Å². The molecule has 0 unspecified atom stereocenters. The maximum absolute atomic E-state index is 4.69. The standard InChI is InChI=1S/C35H27N5/c1-27(32-13-3-8-20-37-32)24-29(34-15-5-10-22-39-34)26-30(35-16-6-11-23-40-35)25-28(33-14-4-9-21-38-33)17-18-31-12-2-7-19-36-31/h2-26H,1H2/p+2/b18-17+,28-25-,29-24-,30-26-. The van der Waals surface area contributed by atoms with Gasteiger partial charge in [0.25, 0.3) is 0 Å². The van der Waals surface area contributed by atoms with Gasteiger partial charge in [0.1, 0.15) is 0 Å². The Morgan fingerprint density at radius 3 is 1.60 bits per heavy atom. The van der Waals surface area contributed by atoms with Gasteiger partial charge in [-0.25, -0.2) is 9.97 Å². The van der Waals surface area contributed by atoms with Crippen LogP contribution in [0.5, 0.6) is 0 Å². The number of hydrogen-bond donors (Lipinski definition) is 0. The lowest BCUT2D eigenvalue weighted by atomic mass is 9.98. The first-order valence-electron chi connectivity index (χ1n) is 13.0. The van der Waals surface area contributed by atoms with Crippen molar-refractivity contribution >= 4 is 28.4 Å². The van der Waals surface area contributed by atoms with Gasteiger partial charge >= 0.3 is 0 Å². The summed E-state index contributed by atoms with van der Waals surface area (Å²) in [7, 11) is 0. The molecule has 0 fully saturated rings. The highest BCUT2D eigenvalue weighted by Gasteiger charge is 2.11. The van der Waals surface area contributed by atoms with Gasteiger partial charge in [-0.3, -0.25) is 15.0 Å². The Balaban J connectivity index is 1.68. The number of aromatic nitrogens is 5. The molecule has 0 aliphatic carbocycles. The topological polar surface area (TPSA) is 67.0 Å². The van der Waals surface area contributed by atoms with E-state index >= 15 is 0 Å². The van der Waals surface area contributed by atoms with E-state index in [9.17, 15) is 0 Å². The van der Waals surface area contributed by atoms with E-state index in [0.29, 0.717) is 0 Å². The minimum Gasteiger partial charge on any atom is -0.256 e. The van der Waals surface area contributed by atoms with Gasteiger partial charge in [0.2, 0.25) is 11.4 Å². The molecule has 0 radical (unpaired) electrons. The van der Waals surface area contributed by atoms with Crippen molar-refractivity contribution in [1.29, 1.82) is 0 Å². The first-order chi connectivity index (χ1) is 19.8. The van der Waals surface area contributed by atoms with Crippen molar-refractivity contribution in [3.05, 3.63) is 181 Å². The van der Waals surface area contributed by atoms with Gasteiger partial charge in [-0.2, -0.15) is 0 Å². The van der Waals surface area contributed by atoms with E-state index in [0.717, 1.165) is 50.8 Å². The molecule has 0 atom stereocenters. The summed E-state index contributed by atoms with van der Waals surface area (Å²) in [5.41, 5.74) is 8.00. The van der Waals surface area contributed by atoms with E-state index in [4.69, 9.17) is 0 Å². The molecule has 2 N–H and O–H groups in total. The Morgan fingerprint density at radius 2 is 1.07 bits per heavy atom. The maximum atomic E-state index is 4.69. The first kappa shape index (κ1) is 26.1. The minimum absolute atomic E-state index is 0.828. The summed E-state index contributed by atoms with van der Waals surface area (Å²) in [4.78, 5) is 20.5. The summed E-state index contributed by atoms with van der Waals surface area (Å²) >= 11 is 0. The lowest BCUT2D eigenvalue weighted by molar-refractivity contribution is -0.381. The molecule has 0 aliphatic rings. The molecule has 5 rings (SSSR count). The van der Waals surface area contributed by atoms with Crippen LogP contribution in [0.25, 0.3) is 28.4 Å². The van der Waals surface area contributed by atoms with Crippen LogP contribution in [0, 0.1) is 0 Å². The first-order valence-corrected chi connectivity index (χ1v) is 13.0. The molecule has 5 aromatic heterocycles. The lowest BCUT2D eigenvalue weighted by Crippen LogP contribution is -2.07. The number of allylic oxidation sites excluding steroid dienone is 8. The third kappa shape index (κ3) is 7.05. The van der Waals surface area contributed by atoms with E-state index in [1.54, 1.807) is 18.6 Å². The molecule has 192 valence electrons. The summed E-state index contributed by atoms with van der Waals surface area (Å²) in [5, 5.41) is 0. The van der Waals surface area contributed by atoms with Crippen LogP contribution in [0.1, 0.15) is 28.5 Å². The van der Waals surface area contributed by atoms with Crippen LogP contribution in [0.15, 0.2) is 153 Å². The van der Waals surface area contributed by atoms with Crippen molar-refractivity contribution < 1.29 is 9.97 Å². The van der Waals surface area contributed by atoms with E-state index in [1.165, 1.54) is 0 Å². The number of nitrogens with zero attached hydrogens (tertiary/aromatic N) is 3. The molecular formula is C35H29N5+2. The molecule has 5 nitrogen and oxygen atoms in total. The van der Waals surface area contributed by atoms with Crippen molar-refractivity contribution in [3.63, 3.8) is 0 Å². The van der Waals surface area contributed by atoms with E-state index in [1.807, 2.05) is 116 Å². The second-order valence-corrected chi connectivity index (χ2v) is 8.90. The van der Waals surface area contributed by atoms with Gasteiger partial charge in [-0.15, -0.1) is 0 Å². The number of rotatable bonds is 9. The second kappa shape index (κ2) is 13.3. The Morgan fingerprint density at radius 1 is 0.550 bits per heavy atom. The summed E-state index contributed by atoms with van der Waals surface area (Å²) in [6.45, 7) is 4.32. The van der Waals surface area contributed by atoms with Crippen LogP contribution in [0.4, 0.5) is 0 Å². The second-order valence-electron chi connectivity index (χ2n) is 8.90. The molecule has 5 heterocycles. The Labute approximate surface area is 234 Å². The van der Waals surface area contributed by atoms with Crippen molar-refractivity contribution in [3.8, 4) is 0 Å². The fraction of sp³-hybridized carbons (Fsp3) is 0. The van der Waals surface area contributed by atoms with Crippen LogP contribution in [-0.4, -0.2) is 15.0 Å². The Kier molecular flexibility index (Phi) is 8.67. The normalized spacial score (nSPS) is 12.4. The number of nitrogens with one attached hydrogen (secondary N) is 2. The number of hydrogen-bond acceptors (Lipinski definition) is 3.